The summed E-state index contributed by atoms with van der Waals surface area (Å²) < 4.78 is 24.6. The van der Waals surface area contributed by atoms with Gasteiger partial charge in [-0.1, -0.05) is 0 Å². The monoisotopic (exact) mass is 329 g/mol. The first kappa shape index (κ1) is 15.8. The quantitative estimate of drug-likeness (QED) is 0.873. The van der Waals surface area contributed by atoms with Crippen LogP contribution in [0.1, 0.15) is 20.3 Å². The second-order valence-corrected chi connectivity index (χ2v) is 8.61. The summed E-state index contributed by atoms with van der Waals surface area (Å²) in [4.78, 5) is 23.1. The summed E-state index contributed by atoms with van der Waals surface area (Å²) in [7, 11) is -3.74. The average Bonchev–Trinajstić information content (AvgIpc) is 2.38. The van der Waals surface area contributed by atoms with E-state index in [1.54, 1.807) is 13.0 Å². The molecule has 1 aromatic carbocycles. The fourth-order valence-corrected chi connectivity index (χ4v) is 4.25. The lowest BCUT2D eigenvalue weighted by Gasteiger charge is -2.22. The number of carbonyl (C=O) groups excluding carboxylic acids is 1. The molecule has 0 fully saturated rings. The molecule has 0 spiro atoms. The Morgan fingerprint density at radius 1 is 1.48 bits per heavy atom. The molecule has 1 amide bonds. The number of rotatable bonds is 4. The molecule has 0 unspecified atom stereocenters. The Kier molecular flexibility index (Phi) is 4.29. The molecule has 21 heavy (non-hydrogen) atoms. The smallest absolute Gasteiger partial charge is 0.304 e. The lowest BCUT2D eigenvalue weighted by atomic mass is 10.3. The minimum atomic E-state index is -3.74. The normalized spacial score (nSPS) is 19.5. The number of sulfone groups is 1. The van der Waals surface area contributed by atoms with Gasteiger partial charge in [-0.25, -0.2) is 8.42 Å². The van der Waals surface area contributed by atoms with Gasteiger partial charge in [-0.2, -0.15) is 0 Å². The Hall–Kier alpha value is -1.54. The summed E-state index contributed by atoms with van der Waals surface area (Å²) in [6.07, 6.45) is -0.461. The molecule has 6 nitrogen and oxygen atoms in total. The van der Waals surface area contributed by atoms with E-state index in [0.717, 1.165) is 4.90 Å². The fraction of sp³-hybridized carbons (Fsp3) is 0.385. The van der Waals surface area contributed by atoms with Crippen molar-refractivity contribution in [2.24, 2.45) is 0 Å². The van der Waals surface area contributed by atoms with Crippen molar-refractivity contribution in [1.29, 1.82) is 0 Å². The van der Waals surface area contributed by atoms with E-state index in [1.807, 2.05) is 0 Å². The highest BCUT2D eigenvalue weighted by molar-refractivity contribution is 8.01. The number of carboxylic acid groups (broad SMARTS) is 1. The molecule has 0 saturated carbocycles. The Morgan fingerprint density at radius 2 is 2.14 bits per heavy atom. The third kappa shape index (κ3) is 3.21. The van der Waals surface area contributed by atoms with Gasteiger partial charge in [0.1, 0.15) is 0 Å². The van der Waals surface area contributed by atoms with E-state index in [4.69, 9.17) is 5.11 Å². The van der Waals surface area contributed by atoms with E-state index in [0.29, 0.717) is 5.69 Å². The van der Waals surface area contributed by atoms with Crippen molar-refractivity contribution in [3.63, 3.8) is 0 Å². The van der Waals surface area contributed by atoms with Gasteiger partial charge in [0.05, 0.1) is 27.5 Å². The van der Waals surface area contributed by atoms with Gasteiger partial charge in [-0.05, 0) is 32.0 Å². The van der Waals surface area contributed by atoms with Gasteiger partial charge in [-0.15, -0.1) is 11.8 Å². The molecule has 1 heterocycles. The standard InChI is InChI=1S/C13H15NO5S2/c1-7(5-12(15)16)21(18,19)9-3-4-11-10(6-9)14-13(17)8(2)20-11/h3-4,6-8H,5H2,1-2H3,(H,14,17)(H,15,16)/t7-,8+/m1/s1. The maximum Gasteiger partial charge on any atom is 0.304 e. The van der Waals surface area contributed by atoms with Crippen molar-refractivity contribution in [3.05, 3.63) is 18.2 Å². The third-order valence-corrected chi connectivity index (χ3v) is 6.52. The number of amides is 1. The Bertz CT molecular complexity index is 699. The summed E-state index contributed by atoms with van der Waals surface area (Å²) in [5, 5.41) is 10.1. The number of carboxylic acids is 1. The number of aliphatic carboxylic acids is 1. The van der Waals surface area contributed by atoms with Crippen LogP contribution >= 0.6 is 11.8 Å². The lowest BCUT2D eigenvalue weighted by molar-refractivity contribution is -0.136. The Morgan fingerprint density at radius 3 is 2.76 bits per heavy atom. The molecule has 1 aliphatic heterocycles. The highest BCUT2D eigenvalue weighted by Crippen LogP contribution is 2.37. The molecule has 114 valence electrons. The summed E-state index contributed by atoms with van der Waals surface area (Å²) >= 11 is 1.36. The Labute approximate surface area is 126 Å². The van der Waals surface area contributed by atoms with E-state index < -0.39 is 27.5 Å². The number of thioether (sulfide) groups is 1. The number of anilines is 1. The molecule has 0 saturated heterocycles. The molecule has 0 aromatic heterocycles. The molecule has 0 bridgehead atoms. The highest BCUT2D eigenvalue weighted by atomic mass is 32.2. The number of benzene rings is 1. The average molecular weight is 329 g/mol. The summed E-state index contributed by atoms with van der Waals surface area (Å²) in [6.45, 7) is 3.13. The van der Waals surface area contributed by atoms with Gasteiger partial charge in [0.2, 0.25) is 5.91 Å². The maximum atomic E-state index is 12.3. The third-order valence-electron chi connectivity index (χ3n) is 3.20. The number of hydrogen-bond acceptors (Lipinski definition) is 5. The van der Waals surface area contributed by atoms with Crippen molar-refractivity contribution in [1.82, 2.24) is 0 Å². The molecule has 1 aliphatic rings. The second kappa shape index (κ2) is 5.69. The molecular formula is C13H15NO5S2. The largest absolute Gasteiger partial charge is 0.481 e. The molecule has 2 atom stereocenters. The van der Waals surface area contributed by atoms with Crippen LogP contribution in [0.5, 0.6) is 0 Å². The molecule has 1 aromatic rings. The molecule has 2 rings (SSSR count). The van der Waals surface area contributed by atoms with Crippen molar-refractivity contribution in [3.8, 4) is 0 Å². The van der Waals surface area contributed by atoms with Crippen LogP contribution in [0.4, 0.5) is 5.69 Å². The predicted octanol–water partition coefficient (Wildman–Crippen LogP) is 1.76. The first-order valence-corrected chi connectivity index (χ1v) is 8.71. The van der Waals surface area contributed by atoms with Crippen molar-refractivity contribution < 1.29 is 23.1 Å². The van der Waals surface area contributed by atoms with Crippen LogP contribution in [-0.4, -0.2) is 35.9 Å². The van der Waals surface area contributed by atoms with E-state index in [9.17, 15) is 18.0 Å². The van der Waals surface area contributed by atoms with Crippen molar-refractivity contribution in [2.45, 2.75) is 40.6 Å². The van der Waals surface area contributed by atoms with Crippen LogP contribution in [0.25, 0.3) is 0 Å². The summed E-state index contributed by atoms with van der Waals surface area (Å²) in [5.41, 5.74) is 0.451. The zero-order valence-electron chi connectivity index (χ0n) is 11.5. The summed E-state index contributed by atoms with van der Waals surface area (Å²) in [5.74, 6) is -1.35. The van der Waals surface area contributed by atoms with Crippen molar-refractivity contribution >= 4 is 39.2 Å². The van der Waals surface area contributed by atoms with Crippen LogP contribution in [0, 0.1) is 0 Å². The number of fused-ring (bicyclic) bond motifs is 1. The van der Waals surface area contributed by atoms with E-state index in [2.05, 4.69) is 5.32 Å². The SMILES string of the molecule is C[C@@H]1Sc2ccc(S(=O)(=O)[C@H](C)CC(=O)O)cc2NC1=O. The van der Waals surface area contributed by atoms with Crippen molar-refractivity contribution in [2.75, 3.05) is 5.32 Å². The van der Waals surface area contributed by atoms with Gasteiger partial charge >= 0.3 is 5.97 Å². The summed E-state index contributed by atoms with van der Waals surface area (Å²) in [6, 6.07) is 4.47. The highest BCUT2D eigenvalue weighted by Gasteiger charge is 2.28. The molecule has 0 radical (unpaired) electrons. The van der Waals surface area contributed by atoms with Crippen LogP contribution in [-0.2, 0) is 19.4 Å². The zero-order valence-corrected chi connectivity index (χ0v) is 13.1. The minimum Gasteiger partial charge on any atom is -0.481 e. The number of carbonyl (C=O) groups is 2. The van der Waals surface area contributed by atoms with E-state index >= 15 is 0 Å². The zero-order chi connectivity index (χ0) is 15.8. The van der Waals surface area contributed by atoms with E-state index in [1.165, 1.54) is 30.8 Å². The first-order chi connectivity index (χ1) is 9.71. The molecule has 8 heteroatoms. The lowest BCUT2D eigenvalue weighted by Crippen LogP contribution is -2.27. The van der Waals surface area contributed by atoms with Gasteiger partial charge in [0.15, 0.2) is 9.84 Å². The van der Waals surface area contributed by atoms with Gasteiger partial charge < -0.3 is 10.4 Å². The van der Waals surface area contributed by atoms with Crippen LogP contribution in [0.15, 0.2) is 28.0 Å². The van der Waals surface area contributed by atoms with Gasteiger partial charge in [0, 0.05) is 4.90 Å². The molecule has 0 aliphatic carbocycles. The van der Waals surface area contributed by atoms with Crippen LogP contribution in [0.2, 0.25) is 0 Å². The topological polar surface area (TPSA) is 101 Å². The maximum absolute atomic E-state index is 12.3. The number of hydrogen-bond donors (Lipinski definition) is 2. The minimum absolute atomic E-state index is 0.0189. The number of nitrogens with one attached hydrogen (secondary N) is 1. The second-order valence-electron chi connectivity index (χ2n) is 4.86. The van der Waals surface area contributed by atoms with Gasteiger partial charge in [-0.3, -0.25) is 9.59 Å². The molecular weight excluding hydrogens is 314 g/mol. The molecule has 2 N–H and O–H groups in total. The fourth-order valence-electron chi connectivity index (χ4n) is 1.95. The van der Waals surface area contributed by atoms with Crippen LogP contribution < -0.4 is 5.32 Å². The predicted molar refractivity (Wildman–Crippen MR) is 79.3 cm³/mol. The van der Waals surface area contributed by atoms with Gasteiger partial charge in [0.25, 0.3) is 0 Å². The van der Waals surface area contributed by atoms with Crippen LogP contribution in [0.3, 0.4) is 0 Å². The van der Waals surface area contributed by atoms with E-state index in [-0.39, 0.29) is 16.1 Å². The Balaban J connectivity index is 2.36. The first-order valence-electron chi connectivity index (χ1n) is 6.29.